The number of amides is 1. The molecule has 1 amide bonds. The van der Waals surface area contributed by atoms with Crippen LogP contribution >= 0.6 is 0 Å². The van der Waals surface area contributed by atoms with Crippen LogP contribution in [0.5, 0.6) is 11.5 Å². The standard InChI is InChI=1S/C22H27N3O6S/c1-24(2)32(27,28)17-7-8-19(25-9-11-29-12-10-25)18(13-17)22(26)23-14-16-15-30-20-5-3-4-6-21(20)31-16/h3-8,13,16H,9-12,14-15H2,1-2H3,(H,23,26)/t16-/m0/s1. The molecule has 2 heterocycles. The van der Waals surface area contributed by atoms with Crippen molar-refractivity contribution in [2.45, 2.75) is 11.0 Å². The van der Waals surface area contributed by atoms with E-state index in [-0.39, 0.29) is 23.5 Å². The molecule has 10 heteroatoms. The van der Waals surface area contributed by atoms with Crippen molar-refractivity contribution in [1.82, 2.24) is 9.62 Å². The van der Waals surface area contributed by atoms with Gasteiger partial charge in [0.25, 0.3) is 5.91 Å². The number of rotatable bonds is 6. The van der Waals surface area contributed by atoms with E-state index in [1.165, 1.54) is 26.2 Å². The number of carbonyl (C=O) groups is 1. The first-order chi connectivity index (χ1) is 15.4. The summed E-state index contributed by atoms with van der Waals surface area (Å²) in [5.41, 5.74) is 0.974. The van der Waals surface area contributed by atoms with Crippen molar-refractivity contribution in [3.63, 3.8) is 0 Å². The van der Waals surface area contributed by atoms with Gasteiger partial charge in [0.2, 0.25) is 10.0 Å². The van der Waals surface area contributed by atoms with Gasteiger partial charge < -0.3 is 24.4 Å². The predicted molar refractivity (Wildman–Crippen MR) is 119 cm³/mol. The Morgan fingerprint density at radius 1 is 1.12 bits per heavy atom. The molecule has 32 heavy (non-hydrogen) atoms. The fourth-order valence-corrected chi connectivity index (χ4v) is 4.54. The summed E-state index contributed by atoms with van der Waals surface area (Å²) in [4.78, 5) is 15.3. The molecule has 2 aromatic carbocycles. The molecule has 0 bridgehead atoms. The number of ether oxygens (including phenoxy) is 3. The molecule has 0 radical (unpaired) electrons. The minimum Gasteiger partial charge on any atom is -0.486 e. The third kappa shape index (κ3) is 4.67. The number of nitrogens with zero attached hydrogens (tertiary/aromatic N) is 2. The average Bonchev–Trinajstić information content (AvgIpc) is 2.82. The Kier molecular flexibility index (Phi) is 6.54. The maximum Gasteiger partial charge on any atom is 0.253 e. The highest BCUT2D eigenvalue weighted by Gasteiger charge is 2.26. The minimum absolute atomic E-state index is 0.0656. The second kappa shape index (κ2) is 9.35. The van der Waals surface area contributed by atoms with Gasteiger partial charge in [0.1, 0.15) is 12.7 Å². The second-order valence-electron chi connectivity index (χ2n) is 7.77. The fourth-order valence-electron chi connectivity index (χ4n) is 3.61. The highest BCUT2D eigenvalue weighted by molar-refractivity contribution is 7.89. The van der Waals surface area contributed by atoms with E-state index in [0.717, 1.165) is 4.31 Å². The van der Waals surface area contributed by atoms with Gasteiger partial charge in [-0.3, -0.25) is 4.79 Å². The smallest absolute Gasteiger partial charge is 0.253 e. The van der Waals surface area contributed by atoms with Crippen molar-refractivity contribution >= 4 is 21.6 Å². The summed E-state index contributed by atoms with van der Waals surface area (Å²) in [7, 11) is -0.761. The molecule has 0 unspecified atom stereocenters. The van der Waals surface area contributed by atoms with Gasteiger partial charge in [-0.05, 0) is 30.3 Å². The second-order valence-corrected chi connectivity index (χ2v) is 9.93. The zero-order chi connectivity index (χ0) is 22.7. The molecule has 1 fully saturated rings. The molecule has 2 aliphatic heterocycles. The maximum atomic E-state index is 13.2. The van der Waals surface area contributed by atoms with Gasteiger partial charge in [-0.25, -0.2) is 12.7 Å². The summed E-state index contributed by atoms with van der Waals surface area (Å²) in [6.07, 6.45) is -0.352. The van der Waals surface area contributed by atoms with E-state index in [1.807, 2.05) is 29.2 Å². The van der Waals surface area contributed by atoms with Crippen LogP contribution in [0.15, 0.2) is 47.4 Å². The van der Waals surface area contributed by atoms with E-state index in [4.69, 9.17) is 14.2 Å². The lowest BCUT2D eigenvalue weighted by Gasteiger charge is -2.31. The molecule has 1 N–H and O–H groups in total. The van der Waals surface area contributed by atoms with Crippen molar-refractivity contribution in [2.75, 3.05) is 58.5 Å². The van der Waals surface area contributed by atoms with Crippen LogP contribution in [-0.4, -0.2) is 78.3 Å². The molecule has 1 saturated heterocycles. The number of carbonyl (C=O) groups excluding carboxylic acids is 1. The van der Waals surface area contributed by atoms with E-state index >= 15 is 0 Å². The van der Waals surface area contributed by atoms with Crippen molar-refractivity contribution in [1.29, 1.82) is 0 Å². The molecule has 0 aliphatic carbocycles. The van der Waals surface area contributed by atoms with Crippen LogP contribution in [0, 0.1) is 0 Å². The number of hydrogen-bond donors (Lipinski definition) is 1. The van der Waals surface area contributed by atoms with Crippen LogP contribution in [0.1, 0.15) is 10.4 Å². The van der Waals surface area contributed by atoms with Gasteiger partial charge in [0.05, 0.1) is 30.2 Å². The summed E-state index contributed by atoms with van der Waals surface area (Å²) < 4.78 is 43.4. The molecule has 2 aliphatic rings. The van der Waals surface area contributed by atoms with Crippen LogP contribution in [0.4, 0.5) is 5.69 Å². The summed E-state index contributed by atoms with van der Waals surface area (Å²) in [6, 6.07) is 12.0. The van der Waals surface area contributed by atoms with Gasteiger partial charge >= 0.3 is 0 Å². The van der Waals surface area contributed by atoms with E-state index in [1.54, 1.807) is 6.07 Å². The zero-order valence-electron chi connectivity index (χ0n) is 18.1. The van der Waals surface area contributed by atoms with Crippen LogP contribution in [0.25, 0.3) is 0 Å². The van der Waals surface area contributed by atoms with Gasteiger partial charge in [0.15, 0.2) is 11.5 Å². The number of fused-ring (bicyclic) bond motifs is 1. The molecule has 172 valence electrons. The molecular formula is C22H27N3O6S. The lowest BCUT2D eigenvalue weighted by atomic mass is 10.1. The Bertz CT molecular complexity index is 1080. The monoisotopic (exact) mass is 461 g/mol. The number of morpholine rings is 1. The Balaban J connectivity index is 1.55. The SMILES string of the molecule is CN(C)S(=O)(=O)c1ccc(N2CCOCC2)c(C(=O)NC[C@H]2COc3ccccc3O2)c1. The predicted octanol–water partition coefficient (Wildman–Crippen LogP) is 1.34. The number of benzene rings is 2. The summed E-state index contributed by atoms with van der Waals surface area (Å²) in [5, 5.41) is 2.88. The first kappa shape index (κ1) is 22.4. The van der Waals surface area contributed by atoms with Crippen LogP contribution in [-0.2, 0) is 14.8 Å². The molecule has 0 saturated carbocycles. The lowest BCUT2D eigenvalue weighted by molar-refractivity contribution is 0.0788. The summed E-state index contributed by atoms with van der Waals surface area (Å²) in [5.74, 6) is 0.933. The normalized spacial score (nSPS) is 18.5. The number of para-hydroxylation sites is 2. The van der Waals surface area contributed by atoms with Gasteiger partial charge in [-0.1, -0.05) is 12.1 Å². The number of sulfonamides is 1. The lowest BCUT2D eigenvalue weighted by Crippen LogP contribution is -2.42. The van der Waals surface area contributed by atoms with Crippen molar-refractivity contribution in [3.8, 4) is 11.5 Å². The molecule has 9 nitrogen and oxygen atoms in total. The highest BCUT2D eigenvalue weighted by Crippen LogP contribution is 2.31. The molecule has 1 atom stereocenters. The van der Waals surface area contributed by atoms with Crippen LogP contribution < -0.4 is 19.7 Å². The average molecular weight is 462 g/mol. The molecule has 4 rings (SSSR count). The third-order valence-electron chi connectivity index (χ3n) is 5.40. The molecule has 0 spiro atoms. The summed E-state index contributed by atoms with van der Waals surface area (Å²) >= 11 is 0. The maximum absolute atomic E-state index is 13.2. The van der Waals surface area contributed by atoms with Gasteiger partial charge in [-0.2, -0.15) is 0 Å². The first-order valence-corrected chi connectivity index (χ1v) is 11.9. The van der Waals surface area contributed by atoms with E-state index < -0.39 is 10.0 Å². The van der Waals surface area contributed by atoms with Gasteiger partial charge in [-0.15, -0.1) is 0 Å². The quantitative estimate of drug-likeness (QED) is 0.693. The zero-order valence-corrected chi connectivity index (χ0v) is 18.9. The number of nitrogens with one attached hydrogen (secondary N) is 1. The topological polar surface area (TPSA) is 97.4 Å². The number of hydrogen-bond acceptors (Lipinski definition) is 7. The van der Waals surface area contributed by atoms with Crippen molar-refractivity contribution in [2.24, 2.45) is 0 Å². The first-order valence-electron chi connectivity index (χ1n) is 10.4. The number of anilines is 1. The van der Waals surface area contributed by atoms with E-state index in [0.29, 0.717) is 55.7 Å². The van der Waals surface area contributed by atoms with Gasteiger partial charge in [0, 0.05) is 32.9 Å². The highest BCUT2D eigenvalue weighted by atomic mass is 32.2. The Labute approximate surface area is 187 Å². The summed E-state index contributed by atoms with van der Waals surface area (Å²) in [6.45, 7) is 2.87. The third-order valence-corrected chi connectivity index (χ3v) is 7.21. The van der Waals surface area contributed by atoms with Crippen molar-refractivity contribution in [3.05, 3.63) is 48.0 Å². The van der Waals surface area contributed by atoms with Crippen molar-refractivity contribution < 1.29 is 27.4 Å². The molecular weight excluding hydrogens is 434 g/mol. The largest absolute Gasteiger partial charge is 0.486 e. The van der Waals surface area contributed by atoms with E-state index in [9.17, 15) is 13.2 Å². The Morgan fingerprint density at radius 3 is 2.56 bits per heavy atom. The Hall–Kier alpha value is -2.82. The molecule has 2 aromatic rings. The van der Waals surface area contributed by atoms with E-state index in [2.05, 4.69) is 5.32 Å². The van der Waals surface area contributed by atoms with Crippen LogP contribution in [0.3, 0.4) is 0 Å². The van der Waals surface area contributed by atoms with Crippen LogP contribution in [0.2, 0.25) is 0 Å². The molecule has 0 aromatic heterocycles. The Morgan fingerprint density at radius 2 is 1.84 bits per heavy atom. The minimum atomic E-state index is -3.68. The fraction of sp³-hybridized carbons (Fsp3) is 0.409.